The lowest BCUT2D eigenvalue weighted by Crippen LogP contribution is -2.22. The second-order valence-electron chi connectivity index (χ2n) is 8.07. The van der Waals surface area contributed by atoms with Crippen molar-refractivity contribution < 1.29 is 19.4 Å². The summed E-state index contributed by atoms with van der Waals surface area (Å²) < 4.78 is 10.8. The molecule has 5 nitrogen and oxygen atoms in total. The van der Waals surface area contributed by atoms with Crippen LogP contribution in [0.5, 0.6) is 11.5 Å². The molecular weight excluding hydrogens is 366 g/mol. The SMILES string of the molecule is Cc1cc(OCC(=O)OCCN(C)C)cc(C)c1Cc1ccc(O)c(C(C)C)c1. The summed E-state index contributed by atoms with van der Waals surface area (Å²) in [4.78, 5) is 13.8. The third-order valence-electron chi connectivity index (χ3n) is 4.92. The summed E-state index contributed by atoms with van der Waals surface area (Å²) in [6, 6.07) is 9.73. The summed E-state index contributed by atoms with van der Waals surface area (Å²) in [6.07, 6.45) is 0.782. The first kappa shape index (κ1) is 22.8. The summed E-state index contributed by atoms with van der Waals surface area (Å²) in [6.45, 7) is 9.20. The zero-order chi connectivity index (χ0) is 21.6. The number of carbonyl (C=O) groups excluding carboxylic acids is 1. The van der Waals surface area contributed by atoms with Gasteiger partial charge in [0, 0.05) is 6.54 Å². The highest BCUT2D eigenvalue weighted by Crippen LogP contribution is 2.29. The Labute approximate surface area is 174 Å². The molecule has 0 spiro atoms. The van der Waals surface area contributed by atoms with Gasteiger partial charge in [0.1, 0.15) is 18.1 Å². The van der Waals surface area contributed by atoms with Crippen molar-refractivity contribution in [2.24, 2.45) is 0 Å². The van der Waals surface area contributed by atoms with Gasteiger partial charge in [-0.15, -0.1) is 0 Å². The standard InChI is InChI=1S/C24H33NO4/c1-16(2)21-13-19(7-8-23(21)26)14-22-17(3)11-20(12-18(22)4)29-15-24(27)28-10-9-25(5)6/h7-8,11-13,16,26H,9-10,14-15H2,1-6H3. The number of nitrogens with zero attached hydrogens (tertiary/aromatic N) is 1. The van der Waals surface area contributed by atoms with E-state index in [2.05, 4.69) is 19.9 Å². The van der Waals surface area contributed by atoms with Crippen molar-refractivity contribution in [3.05, 3.63) is 58.1 Å². The molecule has 2 rings (SSSR count). The molecule has 0 heterocycles. The molecule has 0 atom stereocenters. The topological polar surface area (TPSA) is 59.0 Å². The van der Waals surface area contributed by atoms with E-state index in [0.29, 0.717) is 24.7 Å². The number of likely N-dealkylation sites (N-methyl/N-ethyl adjacent to an activating group) is 1. The van der Waals surface area contributed by atoms with Crippen LogP contribution in [-0.4, -0.2) is 49.8 Å². The first-order valence-electron chi connectivity index (χ1n) is 10.0. The lowest BCUT2D eigenvalue weighted by molar-refractivity contribution is -0.146. The zero-order valence-electron chi connectivity index (χ0n) is 18.4. The van der Waals surface area contributed by atoms with E-state index in [-0.39, 0.29) is 18.5 Å². The van der Waals surface area contributed by atoms with Gasteiger partial charge in [-0.05, 0) is 86.3 Å². The number of aryl methyl sites for hydroxylation is 2. The van der Waals surface area contributed by atoms with Crippen LogP contribution in [-0.2, 0) is 16.0 Å². The molecule has 1 N–H and O–H groups in total. The lowest BCUT2D eigenvalue weighted by atomic mass is 9.93. The van der Waals surface area contributed by atoms with E-state index in [1.807, 2.05) is 51.0 Å². The van der Waals surface area contributed by atoms with Crippen LogP contribution in [0.15, 0.2) is 30.3 Å². The Morgan fingerprint density at radius 2 is 1.76 bits per heavy atom. The molecule has 29 heavy (non-hydrogen) atoms. The highest BCUT2D eigenvalue weighted by molar-refractivity contribution is 5.71. The fourth-order valence-corrected chi connectivity index (χ4v) is 3.22. The van der Waals surface area contributed by atoms with Crippen molar-refractivity contribution in [3.8, 4) is 11.5 Å². The smallest absolute Gasteiger partial charge is 0.344 e. The number of hydrogen-bond acceptors (Lipinski definition) is 5. The third kappa shape index (κ3) is 6.79. The fourth-order valence-electron chi connectivity index (χ4n) is 3.22. The van der Waals surface area contributed by atoms with Crippen LogP contribution in [0.25, 0.3) is 0 Å². The average molecular weight is 400 g/mol. The Kier molecular flexibility index (Phi) is 8.09. The molecule has 5 heteroatoms. The molecule has 0 aromatic heterocycles. The molecular formula is C24H33NO4. The molecule has 0 saturated carbocycles. The molecule has 0 radical (unpaired) electrons. The Bertz CT molecular complexity index is 820. The molecule has 0 unspecified atom stereocenters. The van der Waals surface area contributed by atoms with E-state index in [1.54, 1.807) is 6.07 Å². The number of hydrogen-bond donors (Lipinski definition) is 1. The van der Waals surface area contributed by atoms with Crippen LogP contribution >= 0.6 is 0 Å². The van der Waals surface area contributed by atoms with Crippen LogP contribution in [0.3, 0.4) is 0 Å². The maximum atomic E-state index is 11.8. The van der Waals surface area contributed by atoms with E-state index < -0.39 is 0 Å². The summed E-state index contributed by atoms with van der Waals surface area (Å²) in [5.74, 6) is 0.919. The molecule has 2 aromatic carbocycles. The summed E-state index contributed by atoms with van der Waals surface area (Å²) in [5.41, 5.74) is 5.58. The van der Waals surface area contributed by atoms with Crippen LogP contribution < -0.4 is 4.74 Å². The molecule has 0 fully saturated rings. The monoisotopic (exact) mass is 399 g/mol. The molecule has 2 aromatic rings. The predicted octanol–water partition coefficient (Wildman–Crippen LogP) is 4.21. The van der Waals surface area contributed by atoms with Gasteiger partial charge in [-0.2, -0.15) is 0 Å². The van der Waals surface area contributed by atoms with E-state index in [0.717, 1.165) is 28.7 Å². The second kappa shape index (κ2) is 10.3. The van der Waals surface area contributed by atoms with Crippen LogP contribution in [0.4, 0.5) is 0 Å². The molecule has 0 bridgehead atoms. The number of benzene rings is 2. The molecule has 0 aliphatic carbocycles. The van der Waals surface area contributed by atoms with Crippen LogP contribution in [0, 0.1) is 13.8 Å². The second-order valence-corrected chi connectivity index (χ2v) is 8.07. The lowest BCUT2D eigenvalue weighted by Gasteiger charge is -2.15. The van der Waals surface area contributed by atoms with E-state index in [4.69, 9.17) is 9.47 Å². The van der Waals surface area contributed by atoms with Crippen molar-refractivity contribution in [2.45, 2.75) is 40.0 Å². The van der Waals surface area contributed by atoms with Crippen LogP contribution in [0.1, 0.15) is 47.6 Å². The highest BCUT2D eigenvalue weighted by atomic mass is 16.6. The minimum atomic E-state index is -0.364. The van der Waals surface area contributed by atoms with Crippen molar-refractivity contribution in [3.63, 3.8) is 0 Å². The third-order valence-corrected chi connectivity index (χ3v) is 4.92. The Hall–Kier alpha value is -2.53. The number of carbonyl (C=O) groups is 1. The first-order chi connectivity index (χ1) is 13.7. The Morgan fingerprint density at radius 3 is 2.34 bits per heavy atom. The first-order valence-corrected chi connectivity index (χ1v) is 10.0. The zero-order valence-corrected chi connectivity index (χ0v) is 18.4. The molecule has 0 saturated heterocycles. The minimum absolute atomic E-state index is 0.0959. The Morgan fingerprint density at radius 1 is 1.10 bits per heavy atom. The quantitative estimate of drug-likeness (QED) is 0.640. The summed E-state index contributed by atoms with van der Waals surface area (Å²) in [5, 5.41) is 10.0. The number of esters is 1. The number of aromatic hydroxyl groups is 1. The average Bonchev–Trinajstić information content (AvgIpc) is 2.63. The largest absolute Gasteiger partial charge is 0.508 e. The normalized spacial score (nSPS) is 11.2. The number of phenols is 1. The van der Waals surface area contributed by atoms with Gasteiger partial charge < -0.3 is 19.5 Å². The highest BCUT2D eigenvalue weighted by Gasteiger charge is 2.12. The maximum absolute atomic E-state index is 11.8. The van der Waals surface area contributed by atoms with Crippen LogP contribution in [0.2, 0.25) is 0 Å². The minimum Gasteiger partial charge on any atom is -0.508 e. The number of phenolic OH excluding ortho intramolecular Hbond substituents is 1. The predicted molar refractivity (Wildman–Crippen MR) is 116 cm³/mol. The Balaban J connectivity index is 2.04. The van der Waals surface area contributed by atoms with Gasteiger partial charge in [0.15, 0.2) is 6.61 Å². The fraction of sp³-hybridized carbons (Fsp3) is 0.458. The molecule has 0 aliphatic heterocycles. The van der Waals surface area contributed by atoms with Crippen molar-refractivity contribution >= 4 is 5.97 Å². The molecule has 0 aliphatic rings. The number of ether oxygens (including phenoxy) is 2. The van der Waals surface area contributed by atoms with Gasteiger partial charge in [-0.1, -0.05) is 26.0 Å². The number of rotatable bonds is 9. The van der Waals surface area contributed by atoms with Gasteiger partial charge in [-0.3, -0.25) is 0 Å². The van der Waals surface area contributed by atoms with E-state index >= 15 is 0 Å². The molecule has 158 valence electrons. The molecule has 0 amide bonds. The van der Waals surface area contributed by atoms with Crippen molar-refractivity contribution in [1.82, 2.24) is 4.90 Å². The van der Waals surface area contributed by atoms with E-state index in [1.165, 1.54) is 5.56 Å². The maximum Gasteiger partial charge on any atom is 0.344 e. The summed E-state index contributed by atoms with van der Waals surface area (Å²) >= 11 is 0. The van der Waals surface area contributed by atoms with E-state index in [9.17, 15) is 9.90 Å². The van der Waals surface area contributed by atoms with Gasteiger partial charge in [0.05, 0.1) is 0 Å². The van der Waals surface area contributed by atoms with Gasteiger partial charge in [0.25, 0.3) is 0 Å². The van der Waals surface area contributed by atoms with Gasteiger partial charge in [-0.25, -0.2) is 4.79 Å². The van der Waals surface area contributed by atoms with Crippen molar-refractivity contribution in [2.75, 3.05) is 33.9 Å². The van der Waals surface area contributed by atoms with Gasteiger partial charge >= 0.3 is 5.97 Å². The summed E-state index contributed by atoms with van der Waals surface area (Å²) in [7, 11) is 3.86. The van der Waals surface area contributed by atoms with Gasteiger partial charge in [0.2, 0.25) is 0 Å². The van der Waals surface area contributed by atoms with Crippen molar-refractivity contribution in [1.29, 1.82) is 0 Å².